The quantitative estimate of drug-likeness (QED) is 0.136. The Bertz CT molecular complexity index is 1210. The van der Waals surface area contributed by atoms with Gasteiger partial charge in [0.15, 0.2) is 0 Å². The molecule has 2 aromatic rings. The zero-order valence-corrected chi connectivity index (χ0v) is 24.5. The van der Waals surface area contributed by atoms with E-state index in [4.69, 9.17) is 0 Å². The number of hydrogen-bond acceptors (Lipinski definition) is 6. The van der Waals surface area contributed by atoms with Crippen molar-refractivity contribution in [1.82, 2.24) is 25.9 Å². The summed E-state index contributed by atoms with van der Waals surface area (Å²) >= 11 is 0. The normalized spacial score (nSPS) is 21.7. The number of benzene rings is 2. The van der Waals surface area contributed by atoms with E-state index < -0.39 is 24.0 Å². The highest BCUT2D eigenvalue weighted by molar-refractivity contribution is 5.90. The Balaban J connectivity index is 1.17. The lowest BCUT2D eigenvalue weighted by Gasteiger charge is -2.36. The standard InChI is InChI=1S/C32H43N5O6/c38-28(33-15-8-3-9-16-37(32(41)42)21-23-10-4-1-5-11-23)19-24-18-27(30(39)35-43)29(34-20-24)31(40)36-17-14-26(22-36)25-12-6-2-7-13-25/h1-2,4-7,10-13,24,26-27,29,34,43H,3,8-9,14-22H2,(H,33,38)(H,35,39)(H,41,42)/t24?,26?,27-,29-/m0/s1. The topological polar surface area (TPSA) is 151 Å². The molecule has 2 saturated heterocycles. The van der Waals surface area contributed by atoms with E-state index in [1.54, 1.807) is 10.4 Å². The van der Waals surface area contributed by atoms with Gasteiger partial charge in [-0.2, -0.15) is 0 Å². The minimum Gasteiger partial charge on any atom is -0.465 e. The Kier molecular flexibility index (Phi) is 11.9. The first-order chi connectivity index (χ1) is 20.9. The summed E-state index contributed by atoms with van der Waals surface area (Å²) in [6.45, 7) is 2.85. The molecule has 43 heavy (non-hydrogen) atoms. The number of hydroxylamine groups is 1. The maximum absolute atomic E-state index is 13.4. The minimum absolute atomic E-state index is 0.138. The van der Waals surface area contributed by atoms with Gasteiger partial charge in [0, 0.05) is 45.1 Å². The van der Waals surface area contributed by atoms with Crippen molar-refractivity contribution in [1.29, 1.82) is 0 Å². The van der Waals surface area contributed by atoms with Gasteiger partial charge in [-0.25, -0.2) is 10.3 Å². The molecule has 2 aromatic carbocycles. The van der Waals surface area contributed by atoms with E-state index in [1.165, 1.54) is 10.5 Å². The Morgan fingerprint density at radius 1 is 0.977 bits per heavy atom. The Labute approximate surface area is 252 Å². The molecule has 2 fully saturated rings. The molecule has 0 bridgehead atoms. The fourth-order valence-electron chi connectivity index (χ4n) is 6.14. The molecule has 2 unspecified atom stereocenters. The first-order valence-corrected chi connectivity index (χ1v) is 15.1. The lowest BCUT2D eigenvalue weighted by atomic mass is 9.81. The molecule has 11 nitrogen and oxygen atoms in total. The highest BCUT2D eigenvalue weighted by Gasteiger charge is 2.42. The number of hydrogen-bond donors (Lipinski definition) is 5. The van der Waals surface area contributed by atoms with E-state index in [2.05, 4.69) is 22.8 Å². The summed E-state index contributed by atoms with van der Waals surface area (Å²) in [5.41, 5.74) is 3.84. The van der Waals surface area contributed by atoms with Crippen molar-refractivity contribution in [3.8, 4) is 0 Å². The van der Waals surface area contributed by atoms with Crippen LogP contribution in [0.5, 0.6) is 0 Å². The summed E-state index contributed by atoms with van der Waals surface area (Å²) in [5, 5.41) is 25.0. The first-order valence-electron chi connectivity index (χ1n) is 15.1. The zero-order valence-electron chi connectivity index (χ0n) is 24.5. The molecular weight excluding hydrogens is 550 g/mol. The summed E-state index contributed by atoms with van der Waals surface area (Å²) in [7, 11) is 0. The van der Waals surface area contributed by atoms with Gasteiger partial charge >= 0.3 is 6.09 Å². The molecule has 4 atom stereocenters. The summed E-state index contributed by atoms with van der Waals surface area (Å²) in [6, 6.07) is 18.8. The van der Waals surface area contributed by atoms with Crippen molar-refractivity contribution in [3.63, 3.8) is 0 Å². The van der Waals surface area contributed by atoms with Gasteiger partial charge in [-0.1, -0.05) is 60.7 Å². The van der Waals surface area contributed by atoms with E-state index >= 15 is 0 Å². The van der Waals surface area contributed by atoms with Crippen molar-refractivity contribution >= 4 is 23.8 Å². The number of carbonyl (C=O) groups excluding carboxylic acids is 3. The van der Waals surface area contributed by atoms with E-state index in [0.29, 0.717) is 52.1 Å². The molecule has 11 heteroatoms. The van der Waals surface area contributed by atoms with Crippen molar-refractivity contribution < 1.29 is 29.5 Å². The molecule has 232 valence electrons. The molecule has 2 heterocycles. The average molecular weight is 594 g/mol. The van der Waals surface area contributed by atoms with Crippen LogP contribution in [0.3, 0.4) is 0 Å². The number of piperidine rings is 1. The number of likely N-dealkylation sites (tertiary alicyclic amines) is 1. The van der Waals surface area contributed by atoms with Crippen molar-refractivity contribution in [2.75, 3.05) is 32.7 Å². The van der Waals surface area contributed by atoms with Crippen LogP contribution in [0.1, 0.15) is 55.6 Å². The third-order valence-electron chi connectivity index (χ3n) is 8.49. The first kappa shape index (κ1) is 32.0. The maximum atomic E-state index is 13.4. The lowest BCUT2D eigenvalue weighted by molar-refractivity contribution is -0.144. The number of carbonyl (C=O) groups is 4. The van der Waals surface area contributed by atoms with Crippen molar-refractivity contribution in [2.45, 2.75) is 57.0 Å². The fraction of sp³-hybridized carbons (Fsp3) is 0.500. The third-order valence-corrected chi connectivity index (χ3v) is 8.49. The summed E-state index contributed by atoms with van der Waals surface area (Å²) < 4.78 is 0. The van der Waals surface area contributed by atoms with Gasteiger partial charge in [0.2, 0.25) is 17.7 Å². The third kappa shape index (κ3) is 9.26. The number of rotatable bonds is 13. The molecule has 2 aliphatic heterocycles. The Morgan fingerprint density at radius 2 is 1.70 bits per heavy atom. The summed E-state index contributed by atoms with van der Waals surface area (Å²) in [5.74, 6) is -1.61. The number of amides is 4. The number of unbranched alkanes of at least 4 members (excludes halogenated alkanes) is 2. The monoisotopic (exact) mass is 593 g/mol. The van der Waals surface area contributed by atoms with E-state index in [1.807, 2.05) is 48.5 Å². The van der Waals surface area contributed by atoms with Gasteiger partial charge in [0.1, 0.15) is 0 Å². The van der Waals surface area contributed by atoms with Crippen LogP contribution in [0, 0.1) is 11.8 Å². The summed E-state index contributed by atoms with van der Waals surface area (Å²) in [6.07, 6.45) is 2.60. The molecule has 0 saturated carbocycles. The van der Waals surface area contributed by atoms with Gasteiger partial charge in [-0.05, 0) is 55.7 Å². The van der Waals surface area contributed by atoms with Crippen LogP contribution in [0.25, 0.3) is 0 Å². The number of carboxylic acid groups (broad SMARTS) is 1. The molecule has 4 rings (SSSR count). The second kappa shape index (κ2) is 16.0. The van der Waals surface area contributed by atoms with Crippen LogP contribution >= 0.6 is 0 Å². The summed E-state index contributed by atoms with van der Waals surface area (Å²) in [4.78, 5) is 53.4. The number of nitrogens with one attached hydrogen (secondary N) is 3. The molecule has 2 aliphatic rings. The van der Waals surface area contributed by atoms with Gasteiger partial charge in [-0.3, -0.25) is 19.6 Å². The second-order valence-electron chi connectivity index (χ2n) is 11.6. The maximum Gasteiger partial charge on any atom is 0.407 e. The SMILES string of the molecule is O=C(CC1CN[C@H](C(=O)N2CCC(c3ccccc3)C2)[C@@H](C(=O)NO)C1)NCCCCCN(Cc1ccccc1)C(=O)O. The predicted octanol–water partition coefficient (Wildman–Crippen LogP) is 2.96. The highest BCUT2D eigenvalue weighted by Crippen LogP contribution is 2.30. The van der Waals surface area contributed by atoms with Crippen LogP contribution < -0.4 is 16.1 Å². The Morgan fingerprint density at radius 3 is 2.40 bits per heavy atom. The van der Waals surface area contributed by atoms with E-state index in [9.17, 15) is 29.5 Å². The molecule has 5 N–H and O–H groups in total. The average Bonchev–Trinajstić information content (AvgIpc) is 3.53. The molecule has 0 aliphatic carbocycles. The highest BCUT2D eigenvalue weighted by atomic mass is 16.5. The van der Waals surface area contributed by atoms with E-state index in [0.717, 1.165) is 24.8 Å². The van der Waals surface area contributed by atoms with Crippen LogP contribution in [-0.2, 0) is 20.9 Å². The van der Waals surface area contributed by atoms with Crippen LogP contribution in [0.15, 0.2) is 60.7 Å². The van der Waals surface area contributed by atoms with Gasteiger partial charge < -0.3 is 25.5 Å². The van der Waals surface area contributed by atoms with Gasteiger partial charge in [0.25, 0.3) is 0 Å². The minimum atomic E-state index is -0.952. The Hall–Kier alpha value is -3.96. The second-order valence-corrected chi connectivity index (χ2v) is 11.6. The largest absolute Gasteiger partial charge is 0.465 e. The van der Waals surface area contributed by atoms with Gasteiger partial charge in [-0.15, -0.1) is 0 Å². The van der Waals surface area contributed by atoms with Crippen LogP contribution in [0.2, 0.25) is 0 Å². The van der Waals surface area contributed by atoms with Crippen LogP contribution in [0.4, 0.5) is 4.79 Å². The molecule has 0 aromatic heterocycles. The zero-order chi connectivity index (χ0) is 30.6. The van der Waals surface area contributed by atoms with Crippen molar-refractivity contribution in [2.24, 2.45) is 11.8 Å². The molecule has 0 spiro atoms. The fourth-order valence-corrected chi connectivity index (χ4v) is 6.14. The molecule has 0 radical (unpaired) electrons. The molecule has 4 amide bonds. The number of nitrogens with zero attached hydrogens (tertiary/aromatic N) is 2. The lowest BCUT2D eigenvalue weighted by Crippen LogP contribution is -2.58. The molecular formula is C32H43N5O6. The van der Waals surface area contributed by atoms with E-state index in [-0.39, 0.29) is 30.1 Å². The van der Waals surface area contributed by atoms with Crippen molar-refractivity contribution in [3.05, 3.63) is 71.8 Å². The smallest absolute Gasteiger partial charge is 0.407 e. The van der Waals surface area contributed by atoms with Gasteiger partial charge in [0.05, 0.1) is 12.0 Å². The van der Waals surface area contributed by atoms with Crippen LogP contribution in [-0.4, -0.2) is 82.7 Å². The predicted molar refractivity (Wildman–Crippen MR) is 160 cm³/mol.